The Kier molecular flexibility index (Phi) is 10.8. The minimum Gasteiger partial charge on any atom is -0.444 e. The highest BCUT2D eigenvalue weighted by molar-refractivity contribution is 5.92. The molecule has 0 aromatic heterocycles. The molecular formula is C27H42N4O4. The lowest BCUT2D eigenvalue weighted by atomic mass is 9.97. The van der Waals surface area contributed by atoms with Crippen molar-refractivity contribution in [3.8, 4) is 6.07 Å². The maximum atomic E-state index is 13.8. The van der Waals surface area contributed by atoms with Crippen LogP contribution in [0.25, 0.3) is 0 Å². The number of amides is 3. The largest absolute Gasteiger partial charge is 0.444 e. The van der Waals surface area contributed by atoms with Gasteiger partial charge in [-0.05, 0) is 71.4 Å². The van der Waals surface area contributed by atoms with Crippen LogP contribution in [0.1, 0.15) is 85.9 Å². The van der Waals surface area contributed by atoms with E-state index >= 15 is 0 Å². The first-order valence-electron chi connectivity index (χ1n) is 12.2. The van der Waals surface area contributed by atoms with Gasteiger partial charge in [-0.1, -0.05) is 45.0 Å². The maximum Gasteiger partial charge on any atom is 0.408 e. The van der Waals surface area contributed by atoms with Gasteiger partial charge in [0.05, 0.1) is 6.07 Å². The Morgan fingerprint density at radius 2 is 1.63 bits per heavy atom. The molecular weight excluding hydrogens is 444 g/mol. The second-order valence-electron chi connectivity index (χ2n) is 11.2. The van der Waals surface area contributed by atoms with E-state index in [-0.39, 0.29) is 12.5 Å². The van der Waals surface area contributed by atoms with Gasteiger partial charge in [0.2, 0.25) is 11.8 Å². The molecule has 0 bridgehead atoms. The summed E-state index contributed by atoms with van der Waals surface area (Å²) in [6.07, 6.45) is 0.426. The molecule has 2 N–H and O–H groups in total. The van der Waals surface area contributed by atoms with Gasteiger partial charge in [0.25, 0.3) is 0 Å². The fourth-order valence-electron chi connectivity index (χ4n) is 3.56. The van der Waals surface area contributed by atoms with Crippen molar-refractivity contribution in [2.75, 3.05) is 6.54 Å². The summed E-state index contributed by atoms with van der Waals surface area (Å²) >= 11 is 0. The van der Waals surface area contributed by atoms with E-state index in [1.54, 1.807) is 20.8 Å². The molecule has 0 aliphatic heterocycles. The van der Waals surface area contributed by atoms with Crippen molar-refractivity contribution in [2.45, 2.75) is 98.4 Å². The molecule has 1 aromatic rings. The lowest BCUT2D eigenvalue weighted by molar-refractivity contribution is -0.142. The number of nitrogens with one attached hydrogen (secondary N) is 2. The molecule has 0 aliphatic carbocycles. The number of rotatable bonds is 9. The quantitative estimate of drug-likeness (QED) is 0.499. The van der Waals surface area contributed by atoms with Gasteiger partial charge < -0.3 is 20.3 Å². The number of hydrogen-bond donors (Lipinski definition) is 2. The highest BCUT2D eigenvalue weighted by atomic mass is 16.6. The minimum atomic E-state index is -1.04. The van der Waals surface area contributed by atoms with Crippen molar-refractivity contribution in [1.82, 2.24) is 15.5 Å². The van der Waals surface area contributed by atoms with Gasteiger partial charge in [-0.15, -0.1) is 0 Å². The molecule has 0 spiro atoms. The summed E-state index contributed by atoms with van der Waals surface area (Å²) in [5.41, 5.74) is 0.392. The van der Waals surface area contributed by atoms with Gasteiger partial charge >= 0.3 is 6.09 Å². The van der Waals surface area contributed by atoms with Crippen LogP contribution >= 0.6 is 0 Å². The SMILES string of the molecule is CCc1ccc(C(C(=O)NC(C)(C)C)N(CC#N)C(=O)C(CC(C)C)NC(=O)OC(C)(C)C)cc1. The summed E-state index contributed by atoms with van der Waals surface area (Å²) in [5.74, 6) is -0.848. The van der Waals surface area contributed by atoms with Crippen LogP contribution in [0.5, 0.6) is 0 Å². The zero-order valence-electron chi connectivity index (χ0n) is 22.7. The van der Waals surface area contributed by atoms with Crippen LogP contribution in [-0.4, -0.2) is 46.5 Å². The molecule has 1 aromatic carbocycles. The van der Waals surface area contributed by atoms with E-state index in [1.165, 1.54) is 4.90 Å². The Hall–Kier alpha value is -3.08. The van der Waals surface area contributed by atoms with Gasteiger partial charge in [-0.25, -0.2) is 4.79 Å². The number of ether oxygens (including phenoxy) is 1. The van der Waals surface area contributed by atoms with E-state index in [0.29, 0.717) is 12.0 Å². The molecule has 3 amide bonds. The highest BCUT2D eigenvalue weighted by Crippen LogP contribution is 2.25. The molecule has 8 nitrogen and oxygen atoms in total. The molecule has 0 radical (unpaired) electrons. The monoisotopic (exact) mass is 486 g/mol. The fraction of sp³-hybridized carbons (Fsp3) is 0.630. The lowest BCUT2D eigenvalue weighted by Gasteiger charge is -2.35. The second-order valence-corrected chi connectivity index (χ2v) is 11.2. The number of aryl methyl sites for hydroxylation is 1. The first kappa shape index (κ1) is 30.0. The molecule has 0 fully saturated rings. The standard InChI is InChI=1S/C27H42N4O4/c1-10-19-11-13-20(14-12-19)22(23(32)30-26(4,5)6)31(16-15-28)24(33)21(17-18(2)3)29-25(34)35-27(7,8)9/h11-14,18,21-22H,10,16-17H2,1-9H3,(H,29,34)(H,30,32). The van der Waals surface area contributed by atoms with E-state index in [9.17, 15) is 19.6 Å². The van der Waals surface area contributed by atoms with Gasteiger partial charge in [0, 0.05) is 5.54 Å². The maximum absolute atomic E-state index is 13.8. The number of alkyl carbamates (subject to hydrolysis) is 1. The highest BCUT2D eigenvalue weighted by Gasteiger charge is 2.37. The zero-order chi connectivity index (χ0) is 27.0. The van der Waals surface area contributed by atoms with Crippen LogP contribution in [-0.2, 0) is 20.7 Å². The van der Waals surface area contributed by atoms with E-state index in [1.807, 2.05) is 71.9 Å². The predicted octanol–water partition coefficient (Wildman–Crippen LogP) is 4.50. The van der Waals surface area contributed by atoms with Gasteiger partial charge in [0.15, 0.2) is 0 Å². The number of carbonyl (C=O) groups excluding carboxylic acids is 3. The van der Waals surface area contributed by atoms with Crippen LogP contribution in [0.3, 0.4) is 0 Å². The third kappa shape index (κ3) is 10.4. The Labute approximate surface area is 210 Å². The average molecular weight is 487 g/mol. The molecule has 0 saturated heterocycles. The predicted molar refractivity (Wildman–Crippen MR) is 136 cm³/mol. The van der Waals surface area contributed by atoms with E-state index < -0.39 is 41.1 Å². The lowest BCUT2D eigenvalue weighted by Crippen LogP contribution is -2.55. The Balaban J connectivity index is 3.47. The fourth-order valence-corrected chi connectivity index (χ4v) is 3.56. The molecule has 0 aliphatic rings. The number of hydrogen-bond acceptors (Lipinski definition) is 5. The first-order chi connectivity index (χ1) is 16.1. The smallest absolute Gasteiger partial charge is 0.408 e. The van der Waals surface area contributed by atoms with Crippen molar-refractivity contribution in [2.24, 2.45) is 5.92 Å². The summed E-state index contributed by atoms with van der Waals surface area (Å²) in [4.78, 5) is 41.0. The molecule has 0 saturated carbocycles. The molecule has 194 valence electrons. The van der Waals surface area contributed by atoms with Gasteiger partial charge in [-0.2, -0.15) is 5.26 Å². The zero-order valence-corrected chi connectivity index (χ0v) is 22.7. The Morgan fingerprint density at radius 3 is 2.06 bits per heavy atom. The van der Waals surface area contributed by atoms with Crippen LogP contribution in [0.2, 0.25) is 0 Å². The minimum absolute atomic E-state index is 0.0634. The van der Waals surface area contributed by atoms with Crippen molar-refractivity contribution in [1.29, 1.82) is 5.26 Å². The third-order valence-corrected chi connectivity index (χ3v) is 4.98. The molecule has 0 heterocycles. The van der Waals surface area contributed by atoms with Crippen LogP contribution < -0.4 is 10.6 Å². The van der Waals surface area contributed by atoms with Gasteiger partial charge in [-0.3, -0.25) is 9.59 Å². The van der Waals surface area contributed by atoms with E-state index in [4.69, 9.17) is 4.74 Å². The number of carbonyl (C=O) groups is 3. The molecule has 2 atom stereocenters. The van der Waals surface area contributed by atoms with E-state index in [0.717, 1.165) is 12.0 Å². The summed E-state index contributed by atoms with van der Waals surface area (Å²) < 4.78 is 5.36. The van der Waals surface area contributed by atoms with Crippen molar-refractivity contribution in [3.05, 3.63) is 35.4 Å². The summed E-state index contributed by atoms with van der Waals surface area (Å²) in [7, 11) is 0. The second kappa shape index (κ2) is 12.6. The number of nitriles is 1. The van der Waals surface area contributed by atoms with Crippen molar-refractivity contribution in [3.63, 3.8) is 0 Å². The average Bonchev–Trinajstić information content (AvgIpc) is 2.69. The van der Waals surface area contributed by atoms with E-state index in [2.05, 4.69) is 10.6 Å². The van der Waals surface area contributed by atoms with Crippen LogP contribution in [0.15, 0.2) is 24.3 Å². The Morgan fingerprint density at radius 1 is 1.06 bits per heavy atom. The number of nitrogens with zero attached hydrogens (tertiary/aromatic N) is 2. The molecule has 1 rings (SSSR count). The normalized spacial score (nSPS) is 13.4. The van der Waals surface area contributed by atoms with Crippen LogP contribution in [0, 0.1) is 17.2 Å². The van der Waals surface area contributed by atoms with Crippen LogP contribution in [0.4, 0.5) is 4.79 Å². The summed E-state index contributed by atoms with van der Waals surface area (Å²) in [6, 6.07) is 7.45. The molecule has 35 heavy (non-hydrogen) atoms. The first-order valence-corrected chi connectivity index (χ1v) is 12.2. The molecule has 8 heteroatoms. The summed E-state index contributed by atoms with van der Waals surface area (Å²) in [5, 5.41) is 15.2. The third-order valence-electron chi connectivity index (χ3n) is 4.98. The van der Waals surface area contributed by atoms with Crippen molar-refractivity contribution >= 4 is 17.9 Å². The topological polar surface area (TPSA) is 112 Å². The Bertz CT molecular complexity index is 905. The van der Waals surface area contributed by atoms with Gasteiger partial charge in [0.1, 0.15) is 24.2 Å². The summed E-state index contributed by atoms with van der Waals surface area (Å²) in [6.45, 7) is 16.3. The molecule has 2 unspecified atom stereocenters. The van der Waals surface area contributed by atoms with Crippen molar-refractivity contribution < 1.29 is 19.1 Å². The number of benzene rings is 1.